The number of hydrogen-bond acceptors (Lipinski definition) is 19. The molecule has 502 valence electrons. The van der Waals surface area contributed by atoms with Crippen molar-refractivity contribution in [1.82, 2.24) is 36.4 Å². The molecule has 0 spiro atoms. The maximum absolute atomic E-state index is 14.8. The number of nitrogens with zero attached hydrogens (tertiary/aromatic N) is 3. The smallest absolute Gasteiger partial charge is 0.251 e. The number of nitrogens with one attached hydrogen (secondary N) is 5. The van der Waals surface area contributed by atoms with E-state index in [4.69, 9.17) is 19.4 Å². The third-order valence-corrected chi connectivity index (χ3v) is 16.1. The van der Waals surface area contributed by atoms with Gasteiger partial charge in [0.05, 0.1) is 58.8 Å². The molecule has 13 N–H and O–H groups in total. The summed E-state index contributed by atoms with van der Waals surface area (Å²) in [6.45, 7) is 6.77. The van der Waals surface area contributed by atoms with Gasteiger partial charge in [-0.3, -0.25) is 33.6 Å². The van der Waals surface area contributed by atoms with Crippen LogP contribution in [-0.4, -0.2) is 236 Å². The van der Waals surface area contributed by atoms with E-state index in [1.807, 2.05) is 69.7 Å². The van der Waals surface area contributed by atoms with Crippen molar-refractivity contribution in [1.29, 1.82) is 0 Å². The van der Waals surface area contributed by atoms with Crippen molar-refractivity contribution in [2.24, 2.45) is 5.92 Å². The predicted molar refractivity (Wildman–Crippen MR) is 331 cm³/mol. The van der Waals surface area contributed by atoms with Crippen LogP contribution in [0.25, 0.3) is 22.3 Å². The summed E-state index contributed by atoms with van der Waals surface area (Å²) in [4.78, 5) is 113. The molecule has 4 aromatic carbocycles. The fraction of sp³-hybridized carbons (Fsp3) is 0.508. The van der Waals surface area contributed by atoms with Crippen LogP contribution in [0.1, 0.15) is 88.7 Å². The number of amides is 7. The molecule has 3 saturated heterocycles. The predicted octanol–water partition coefficient (Wildman–Crippen LogP) is -1.44. The molecule has 27 heteroatoms. The number of aliphatic hydroxyl groups is 7. The lowest BCUT2D eigenvalue weighted by molar-refractivity contribution is -0.870. The molecule has 3 aliphatic rings. The zero-order valence-corrected chi connectivity index (χ0v) is 52.9. The highest BCUT2D eigenvalue weighted by Gasteiger charge is 2.50. The van der Waals surface area contributed by atoms with E-state index >= 15 is 0 Å². The summed E-state index contributed by atoms with van der Waals surface area (Å²) >= 11 is 0. The van der Waals surface area contributed by atoms with Gasteiger partial charge in [0.25, 0.3) is 5.91 Å². The molecule has 3 heterocycles. The van der Waals surface area contributed by atoms with Gasteiger partial charge in [-0.1, -0.05) is 87.4 Å². The third-order valence-electron chi connectivity index (χ3n) is 16.1. The van der Waals surface area contributed by atoms with E-state index in [1.165, 1.54) is 43.3 Å². The Hall–Kier alpha value is -8.12. The second-order valence-electron chi connectivity index (χ2n) is 24.6. The number of aliphatic carboxylic acids is 1. The minimum absolute atomic E-state index is 0.0470. The molecule has 27 nitrogen and oxygen atoms in total. The van der Waals surface area contributed by atoms with Crippen molar-refractivity contribution in [3.63, 3.8) is 0 Å². The first-order valence-electron chi connectivity index (χ1n) is 30.6. The molecular weight excluding hydrogens is 1200 g/mol. The van der Waals surface area contributed by atoms with Crippen LogP contribution in [0.15, 0.2) is 97.1 Å². The van der Waals surface area contributed by atoms with Gasteiger partial charge in [-0.15, -0.1) is 0 Å². The molecule has 0 aromatic heterocycles. The first-order chi connectivity index (χ1) is 43.4. The van der Waals surface area contributed by atoms with Crippen LogP contribution in [0.5, 0.6) is 11.5 Å². The molecule has 0 aliphatic carbocycles. The van der Waals surface area contributed by atoms with Gasteiger partial charge in [0.1, 0.15) is 72.6 Å². The van der Waals surface area contributed by atoms with E-state index in [9.17, 15) is 74.4 Å². The molecule has 2 unspecified atom stereocenters. The van der Waals surface area contributed by atoms with Crippen molar-refractivity contribution >= 4 is 47.3 Å². The highest BCUT2D eigenvalue weighted by molar-refractivity contribution is 6.00. The van der Waals surface area contributed by atoms with Crippen LogP contribution in [0.4, 0.5) is 0 Å². The standard InChI is InChI=1S/C63H84N8O17.C2H4O2/c1-8-9-10-28-87-45-25-21-40(22-26-45)38-13-11-37(12-14-38)39-15-17-42(18-16-39)56(80)64-46-31-48(76)61(88-29-27-71(5,6)7)68-60(84)52-53(77)34(2)32-70(52)63(86)50(36(4)73)66-59(83)51(55(79)54(78)41-19-23-43(74)24-20-41)67-58(82)47-30-44(75)33-69(47)62(85)49(35(3)72)65-57(46)81;1-2(3)4/h11-26,34-36,44,46-55,61,72-73,75-79H,8-10,27-33H2,1-7H3,(H5-,64,65,66,67,68,74,80,81,82,83,84);1H3,(H,3,4)/t34-,35+,36+,44+,46-,47-,48+,49?,50-,51?,52-,53-,54-,55-,61+;/m0./s1. The van der Waals surface area contributed by atoms with E-state index in [2.05, 4.69) is 33.5 Å². The lowest BCUT2D eigenvalue weighted by Gasteiger charge is -2.34. The van der Waals surface area contributed by atoms with Gasteiger partial charge in [0.2, 0.25) is 35.4 Å². The zero-order valence-electron chi connectivity index (χ0n) is 52.9. The van der Waals surface area contributed by atoms with Gasteiger partial charge in [0.15, 0.2) is 6.23 Å². The molecule has 7 amide bonds. The van der Waals surface area contributed by atoms with Gasteiger partial charge in [0, 0.05) is 43.4 Å². The minimum Gasteiger partial charge on any atom is -0.550 e. The molecule has 0 bridgehead atoms. The molecule has 4 aromatic rings. The molecule has 92 heavy (non-hydrogen) atoms. The number of rotatable bonds is 18. The number of fused-ring (bicyclic) bond motifs is 2. The monoisotopic (exact) mass is 1280 g/mol. The van der Waals surface area contributed by atoms with Crippen molar-refractivity contribution in [3.8, 4) is 33.8 Å². The van der Waals surface area contributed by atoms with E-state index in [0.29, 0.717) is 11.1 Å². The number of aromatic hydroxyl groups is 1. The first-order valence-corrected chi connectivity index (χ1v) is 30.6. The minimum atomic E-state index is -2.29. The number of carbonyl (C=O) groups excluding carboxylic acids is 8. The topological polar surface area (TPSA) is 407 Å². The fourth-order valence-electron chi connectivity index (χ4n) is 10.8. The van der Waals surface area contributed by atoms with Crippen molar-refractivity contribution in [2.75, 3.05) is 54.0 Å². The summed E-state index contributed by atoms with van der Waals surface area (Å²) < 4.78 is 12.3. The van der Waals surface area contributed by atoms with E-state index in [-0.39, 0.29) is 36.6 Å². The third kappa shape index (κ3) is 19.7. The maximum Gasteiger partial charge on any atom is 0.251 e. The Bertz CT molecular complexity index is 3140. The fourth-order valence-corrected chi connectivity index (χ4v) is 10.8. The second-order valence-corrected chi connectivity index (χ2v) is 24.6. The highest BCUT2D eigenvalue weighted by Crippen LogP contribution is 2.30. The average Bonchev–Trinajstić information content (AvgIpc) is 1.63. The van der Waals surface area contributed by atoms with Crippen LogP contribution >= 0.6 is 0 Å². The number of ether oxygens (including phenoxy) is 2. The summed E-state index contributed by atoms with van der Waals surface area (Å²) in [6, 6.07) is 15.3. The molecule has 3 fully saturated rings. The number of benzene rings is 4. The molecule has 0 saturated carbocycles. The lowest BCUT2D eigenvalue weighted by atomic mass is 9.96. The zero-order chi connectivity index (χ0) is 67.9. The maximum atomic E-state index is 14.8. The number of quaternary nitrogens is 1. The molecular formula is C65H88N8O19. The number of carbonyl (C=O) groups is 8. The van der Waals surface area contributed by atoms with Crippen molar-refractivity contribution < 1.29 is 98.3 Å². The Labute approximate surface area is 533 Å². The normalized spacial score (nSPS) is 25.8. The number of carboxylic acids is 1. The number of likely N-dealkylation sites (N-methyl/N-ethyl adjacent to an activating group) is 1. The number of hydrogen-bond donors (Lipinski definition) is 13. The number of carboxylic acid groups (broad SMARTS) is 1. The van der Waals surface area contributed by atoms with Gasteiger partial charge in [-0.2, -0.15) is 0 Å². The number of phenolic OH excluding ortho intramolecular Hbond substituents is 1. The number of unbranched alkanes of at least 4 members (excludes halogenated alkanes) is 2. The average molecular weight is 1290 g/mol. The lowest BCUT2D eigenvalue weighted by Crippen LogP contribution is -2.64. The van der Waals surface area contributed by atoms with Gasteiger partial charge < -0.3 is 101 Å². The summed E-state index contributed by atoms with van der Waals surface area (Å²) in [5.41, 5.74) is 3.48. The Morgan fingerprint density at radius 3 is 1.71 bits per heavy atom. The van der Waals surface area contributed by atoms with Crippen LogP contribution in [0, 0.1) is 5.92 Å². The quantitative estimate of drug-likeness (QED) is 0.0401. The largest absolute Gasteiger partial charge is 0.550 e. The molecule has 0 radical (unpaired) electrons. The summed E-state index contributed by atoms with van der Waals surface area (Å²) in [7, 11) is 5.52. The van der Waals surface area contributed by atoms with E-state index in [1.54, 1.807) is 12.1 Å². The van der Waals surface area contributed by atoms with Crippen LogP contribution < -0.4 is 36.4 Å². The Balaban J connectivity index is 0.00000326. The summed E-state index contributed by atoms with van der Waals surface area (Å²) in [5, 5.41) is 111. The van der Waals surface area contributed by atoms with Crippen molar-refractivity contribution in [3.05, 3.63) is 108 Å². The van der Waals surface area contributed by atoms with E-state index in [0.717, 1.165) is 77.8 Å². The Morgan fingerprint density at radius 1 is 0.663 bits per heavy atom. The summed E-state index contributed by atoms with van der Waals surface area (Å²) in [5.74, 6) is -9.33. The van der Waals surface area contributed by atoms with Crippen LogP contribution in [0.2, 0.25) is 0 Å². The SMILES string of the molecule is CC(=O)[O-].CCCCCOc1ccc(-c2ccc(-c3ccc(C(=O)N[C@H]4C[C@@H](O)[C@@H](OCC[N+](C)(C)C)NC(=O)[C@@H]5[C@@H](O)[C@@H](C)CN5C(=O)[C@H]([C@@H](C)O)NC(=O)C([C@H](O)[C@@H](O)c5ccc(O)cc5)NC(=O)[C@@H]5C[C@@H](O)CN5C(=O)C([C@@H](C)O)NC4=O)cc3)cc2)cc1. The Kier molecular flexibility index (Phi) is 26.1. The first kappa shape index (κ1) is 72.9. The number of aliphatic hydroxyl groups excluding tert-OH is 7. The van der Waals surface area contributed by atoms with Crippen LogP contribution in [0.3, 0.4) is 0 Å². The van der Waals surface area contributed by atoms with Gasteiger partial charge in [-0.25, -0.2) is 0 Å². The second kappa shape index (κ2) is 32.9. The van der Waals surface area contributed by atoms with Crippen molar-refractivity contribution in [2.45, 2.75) is 152 Å². The van der Waals surface area contributed by atoms with Gasteiger partial charge in [-0.05, 0) is 91.4 Å². The molecule has 3 aliphatic heterocycles. The van der Waals surface area contributed by atoms with E-state index < -0.39 is 158 Å². The molecule has 7 rings (SSSR count). The highest BCUT2D eigenvalue weighted by atomic mass is 16.5. The summed E-state index contributed by atoms with van der Waals surface area (Å²) in [6.07, 6.45) is -12.6. The number of phenols is 1. The van der Waals surface area contributed by atoms with Crippen LogP contribution in [-0.2, 0) is 38.3 Å². The Morgan fingerprint density at radius 2 is 1.17 bits per heavy atom. The van der Waals surface area contributed by atoms with Gasteiger partial charge >= 0.3 is 0 Å². The molecule has 15 atom stereocenters.